The molecule has 0 aliphatic carbocycles. The fourth-order valence-corrected chi connectivity index (χ4v) is 1.99. The molecule has 2 N–H and O–H groups in total. The van der Waals surface area contributed by atoms with Crippen LogP contribution in [0, 0.1) is 0 Å². The summed E-state index contributed by atoms with van der Waals surface area (Å²) in [5, 5.41) is 0. The molecule has 2 nitrogen and oxygen atoms in total. The fraction of sp³-hybridized carbons (Fsp3) is 0.611. The number of primary amides is 1. The Hall–Kier alpha value is -1.31. The molecular formula is C18H31NO. The van der Waals surface area contributed by atoms with Crippen LogP contribution in [0.4, 0.5) is 0 Å². The molecule has 0 unspecified atom stereocenters. The summed E-state index contributed by atoms with van der Waals surface area (Å²) in [7, 11) is 0. The standard InChI is InChI=1S/C12H25NO.C6H6/c1-2-3-4-5-6-7-8-9-10-11-12(13)14;1-2-4-6-5-3-1/h2-11H2,1H3,(H2,13,14);1-6H. The maximum atomic E-state index is 10.4. The highest BCUT2D eigenvalue weighted by Crippen LogP contribution is 2.10. The zero-order valence-corrected chi connectivity index (χ0v) is 13.0. The molecule has 2 heteroatoms. The van der Waals surface area contributed by atoms with Crippen molar-refractivity contribution in [2.45, 2.75) is 71.1 Å². The monoisotopic (exact) mass is 277 g/mol. The Bertz CT molecular complexity index is 271. The highest BCUT2D eigenvalue weighted by Gasteiger charge is 1.94. The Morgan fingerprint density at radius 3 is 1.40 bits per heavy atom. The molecule has 0 heterocycles. The van der Waals surface area contributed by atoms with Gasteiger partial charge >= 0.3 is 0 Å². The summed E-state index contributed by atoms with van der Waals surface area (Å²) in [5.41, 5.74) is 5.05. The van der Waals surface area contributed by atoms with Gasteiger partial charge in [0.15, 0.2) is 0 Å². The van der Waals surface area contributed by atoms with Crippen LogP contribution in [-0.2, 0) is 4.79 Å². The lowest BCUT2D eigenvalue weighted by Gasteiger charge is -2.00. The van der Waals surface area contributed by atoms with Crippen LogP contribution >= 0.6 is 0 Å². The number of carbonyl (C=O) groups is 1. The Balaban J connectivity index is 0.000000493. The second-order valence-electron chi connectivity index (χ2n) is 5.20. The van der Waals surface area contributed by atoms with E-state index in [0.29, 0.717) is 6.42 Å². The van der Waals surface area contributed by atoms with Crippen LogP contribution in [0.15, 0.2) is 36.4 Å². The minimum Gasteiger partial charge on any atom is -0.370 e. The topological polar surface area (TPSA) is 43.1 Å². The maximum absolute atomic E-state index is 10.4. The molecule has 0 saturated carbocycles. The molecule has 1 aromatic carbocycles. The van der Waals surface area contributed by atoms with E-state index in [0.717, 1.165) is 12.8 Å². The number of unbranched alkanes of at least 4 members (excludes halogenated alkanes) is 8. The van der Waals surface area contributed by atoms with Crippen LogP contribution in [0.25, 0.3) is 0 Å². The van der Waals surface area contributed by atoms with Gasteiger partial charge in [-0.25, -0.2) is 0 Å². The van der Waals surface area contributed by atoms with Crippen molar-refractivity contribution in [3.8, 4) is 0 Å². The normalized spacial score (nSPS) is 9.65. The lowest BCUT2D eigenvalue weighted by molar-refractivity contribution is -0.118. The molecule has 0 bridgehead atoms. The summed E-state index contributed by atoms with van der Waals surface area (Å²) in [4.78, 5) is 10.4. The summed E-state index contributed by atoms with van der Waals surface area (Å²) in [6.45, 7) is 2.24. The molecule has 0 atom stereocenters. The summed E-state index contributed by atoms with van der Waals surface area (Å²) < 4.78 is 0. The molecule has 20 heavy (non-hydrogen) atoms. The second-order valence-corrected chi connectivity index (χ2v) is 5.20. The van der Waals surface area contributed by atoms with Crippen molar-refractivity contribution in [1.29, 1.82) is 0 Å². The zero-order chi connectivity index (χ0) is 14.9. The molecule has 0 aromatic heterocycles. The zero-order valence-electron chi connectivity index (χ0n) is 13.0. The van der Waals surface area contributed by atoms with Crippen LogP contribution in [0.1, 0.15) is 71.1 Å². The van der Waals surface area contributed by atoms with Gasteiger partial charge in [0.05, 0.1) is 0 Å². The van der Waals surface area contributed by atoms with E-state index in [1.54, 1.807) is 0 Å². The van der Waals surface area contributed by atoms with E-state index >= 15 is 0 Å². The van der Waals surface area contributed by atoms with E-state index < -0.39 is 0 Å². The third-order valence-corrected chi connectivity index (χ3v) is 3.19. The predicted molar refractivity (Wildman–Crippen MR) is 87.5 cm³/mol. The van der Waals surface area contributed by atoms with Crippen LogP contribution in [0.5, 0.6) is 0 Å². The van der Waals surface area contributed by atoms with Gasteiger partial charge in [-0.3, -0.25) is 4.79 Å². The SMILES string of the molecule is CCCCCCCCCCCC(N)=O.c1ccccc1. The van der Waals surface area contributed by atoms with Crippen molar-refractivity contribution >= 4 is 5.91 Å². The van der Waals surface area contributed by atoms with E-state index in [2.05, 4.69) is 6.92 Å². The highest BCUT2D eigenvalue weighted by molar-refractivity contribution is 5.73. The molecule has 0 saturated heterocycles. The first-order chi connectivity index (χ1) is 9.77. The molecule has 0 spiro atoms. The third kappa shape index (κ3) is 16.7. The first kappa shape index (κ1) is 18.7. The van der Waals surface area contributed by atoms with Crippen molar-refractivity contribution < 1.29 is 4.79 Å². The quantitative estimate of drug-likeness (QED) is 0.595. The van der Waals surface area contributed by atoms with Crippen molar-refractivity contribution in [3.63, 3.8) is 0 Å². The number of hydrogen-bond donors (Lipinski definition) is 1. The largest absolute Gasteiger partial charge is 0.370 e. The van der Waals surface area contributed by atoms with Gasteiger partial charge in [0.1, 0.15) is 0 Å². The molecule has 0 fully saturated rings. The molecule has 0 aliphatic rings. The van der Waals surface area contributed by atoms with E-state index in [9.17, 15) is 4.79 Å². The smallest absolute Gasteiger partial charge is 0.217 e. The van der Waals surface area contributed by atoms with E-state index in [1.807, 2.05) is 36.4 Å². The van der Waals surface area contributed by atoms with Gasteiger partial charge in [-0.05, 0) is 6.42 Å². The predicted octanol–water partition coefficient (Wildman–Crippen LogP) is 5.08. The van der Waals surface area contributed by atoms with Crippen LogP contribution in [-0.4, -0.2) is 5.91 Å². The van der Waals surface area contributed by atoms with Crippen molar-refractivity contribution in [3.05, 3.63) is 36.4 Å². The molecule has 0 aliphatic heterocycles. The second kappa shape index (κ2) is 15.7. The average Bonchev–Trinajstić information content (AvgIpc) is 2.48. The Labute approximate surface area is 124 Å². The average molecular weight is 277 g/mol. The number of nitrogens with two attached hydrogens (primary N) is 1. The van der Waals surface area contributed by atoms with Gasteiger partial charge in [-0.1, -0.05) is 94.7 Å². The number of hydrogen-bond acceptors (Lipinski definition) is 1. The first-order valence-electron chi connectivity index (χ1n) is 8.05. The number of rotatable bonds is 10. The Kier molecular flexibility index (Phi) is 14.7. The van der Waals surface area contributed by atoms with Crippen molar-refractivity contribution in [2.75, 3.05) is 0 Å². The molecule has 0 radical (unpaired) electrons. The minimum atomic E-state index is -0.159. The third-order valence-electron chi connectivity index (χ3n) is 3.19. The van der Waals surface area contributed by atoms with Gasteiger partial charge in [0.25, 0.3) is 0 Å². The van der Waals surface area contributed by atoms with Crippen LogP contribution in [0.2, 0.25) is 0 Å². The van der Waals surface area contributed by atoms with E-state index in [1.165, 1.54) is 44.9 Å². The maximum Gasteiger partial charge on any atom is 0.217 e. The lowest BCUT2D eigenvalue weighted by Crippen LogP contribution is -2.09. The summed E-state index contributed by atoms with van der Waals surface area (Å²) >= 11 is 0. The molecule has 1 rings (SSSR count). The van der Waals surface area contributed by atoms with Gasteiger partial charge in [-0.2, -0.15) is 0 Å². The van der Waals surface area contributed by atoms with Gasteiger partial charge < -0.3 is 5.73 Å². The highest BCUT2D eigenvalue weighted by atomic mass is 16.1. The number of carbonyl (C=O) groups excluding carboxylic acids is 1. The van der Waals surface area contributed by atoms with Crippen molar-refractivity contribution in [2.24, 2.45) is 5.73 Å². The lowest BCUT2D eigenvalue weighted by atomic mass is 10.1. The summed E-state index contributed by atoms with van der Waals surface area (Å²) in [6, 6.07) is 12.0. The molecule has 1 aromatic rings. The van der Waals surface area contributed by atoms with Gasteiger partial charge in [0.2, 0.25) is 5.91 Å². The number of amides is 1. The Morgan fingerprint density at radius 1 is 0.700 bits per heavy atom. The summed E-state index contributed by atoms with van der Waals surface area (Å²) in [6.07, 6.45) is 12.1. The van der Waals surface area contributed by atoms with Crippen LogP contribution in [0.3, 0.4) is 0 Å². The molecular weight excluding hydrogens is 246 g/mol. The fourth-order valence-electron chi connectivity index (χ4n) is 1.99. The van der Waals surface area contributed by atoms with Gasteiger partial charge in [0, 0.05) is 6.42 Å². The van der Waals surface area contributed by atoms with Crippen LogP contribution < -0.4 is 5.73 Å². The van der Waals surface area contributed by atoms with Gasteiger partial charge in [-0.15, -0.1) is 0 Å². The number of benzene rings is 1. The Morgan fingerprint density at radius 2 is 1.05 bits per heavy atom. The van der Waals surface area contributed by atoms with Crippen molar-refractivity contribution in [1.82, 2.24) is 0 Å². The van der Waals surface area contributed by atoms with E-state index in [4.69, 9.17) is 5.73 Å². The molecule has 1 amide bonds. The molecule has 114 valence electrons. The van der Waals surface area contributed by atoms with E-state index in [-0.39, 0.29) is 5.91 Å². The summed E-state index contributed by atoms with van der Waals surface area (Å²) in [5.74, 6) is -0.159. The first-order valence-corrected chi connectivity index (χ1v) is 8.05. The minimum absolute atomic E-state index is 0.159.